The summed E-state index contributed by atoms with van der Waals surface area (Å²) in [5.41, 5.74) is 3.90. The molecule has 130 valence electrons. The van der Waals surface area contributed by atoms with E-state index in [1.54, 1.807) is 18.7 Å². The molecule has 1 fully saturated rings. The quantitative estimate of drug-likeness (QED) is 0.792. The molecule has 0 saturated heterocycles. The standard InChI is InChI=1S/C21H20N4O/c26-20(16-5-6-19(23-12-16)25-10-9-22-14-25)24-13-17-11-21(17)8-7-15-3-1-2-4-18(15)21/h1-6,9-10,12,14,17H,7-8,11,13H2,(H,24,26)/t17-,21-/m0/s1. The molecule has 1 amide bonds. The van der Waals surface area contributed by atoms with Crippen molar-refractivity contribution in [1.82, 2.24) is 19.9 Å². The molecule has 2 aromatic heterocycles. The third-order valence-corrected chi connectivity index (χ3v) is 5.91. The Bertz CT molecular complexity index is 948. The molecule has 5 heteroatoms. The highest BCUT2D eigenvalue weighted by Gasteiger charge is 2.57. The molecular formula is C21H20N4O. The van der Waals surface area contributed by atoms with E-state index in [1.165, 1.54) is 30.4 Å². The van der Waals surface area contributed by atoms with E-state index in [-0.39, 0.29) is 5.91 Å². The largest absolute Gasteiger partial charge is 0.352 e. The lowest BCUT2D eigenvalue weighted by Gasteiger charge is -2.12. The molecule has 0 aliphatic heterocycles. The van der Waals surface area contributed by atoms with Gasteiger partial charge in [0, 0.05) is 30.6 Å². The van der Waals surface area contributed by atoms with E-state index in [4.69, 9.17) is 0 Å². The van der Waals surface area contributed by atoms with Crippen molar-refractivity contribution in [3.8, 4) is 5.82 Å². The van der Waals surface area contributed by atoms with Gasteiger partial charge in [0.1, 0.15) is 12.1 Å². The first-order chi connectivity index (χ1) is 12.8. The first kappa shape index (κ1) is 15.3. The van der Waals surface area contributed by atoms with Crippen molar-refractivity contribution in [2.45, 2.75) is 24.7 Å². The van der Waals surface area contributed by atoms with E-state index in [0.29, 0.717) is 16.9 Å². The fraction of sp³-hybridized carbons (Fsp3) is 0.286. The lowest BCUT2D eigenvalue weighted by Crippen LogP contribution is -2.27. The van der Waals surface area contributed by atoms with Gasteiger partial charge in [0.2, 0.25) is 0 Å². The summed E-state index contributed by atoms with van der Waals surface area (Å²) in [5, 5.41) is 3.10. The Morgan fingerprint density at radius 3 is 3.00 bits per heavy atom. The summed E-state index contributed by atoms with van der Waals surface area (Å²) >= 11 is 0. The number of hydrogen-bond acceptors (Lipinski definition) is 3. The topological polar surface area (TPSA) is 59.8 Å². The van der Waals surface area contributed by atoms with Gasteiger partial charge < -0.3 is 5.32 Å². The number of aromatic nitrogens is 3. The molecule has 26 heavy (non-hydrogen) atoms. The predicted molar refractivity (Wildman–Crippen MR) is 98.2 cm³/mol. The maximum Gasteiger partial charge on any atom is 0.252 e. The van der Waals surface area contributed by atoms with Crippen molar-refractivity contribution in [2.24, 2.45) is 5.92 Å². The Labute approximate surface area is 152 Å². The summed E-state index contributed by atoms with van der Waals surface area (Å²) in [6, 6.07) is 12.4. The Morgan fingerprint density at radius 1 is 1.27 bits per heavy atom. The van der Waals surface area contributed by atoms with Gasteiger partial charge in [0.25, 0.3) is 5.91 Å². The van der Waals surface area contributed by atoms with E-state index < -0.39 is 0 Å². The predicted octanol–water partition coefficient (Wildman–Crippen LogP) is 2.90. The summed E-state index contributed by atoms with van der Waals surface area (Å²) in [5.74, 6) is 1.25. The number of fused-ring (bicyclic) bond motifs is 2. The minimum atomic E-state index is -0.0528. The Kier molecular flexibility index (Phi) is 3.42. The molecule has 3 aromatic rings. The average molecular weight is 344 g/mol. The highest BCUT2D eigenvalue weighted by atomic mass is 16.1. The molecule has 1 spiro atoms. The zero-order chi connectivity index (χ0) is 17.6. The van der Waals surface area contributed by atoms with Gasteiger partial charge in [-0.15, -0.1) is 0 Å². The van der Waals surface area contributed by atoms with E-state index in [1.807, 2.05) is 22.9 Å². The summed E-state index contributed by atoms with van der Waals surface area (Å²) in [6.45, 7) is 0.733. The van der Waals surface area contributed by atoms with E-state index in [0.717, 1.165) is 12.4 Å². The molecule has 1 aromatic carbocycles. The number of nitrogens with zero attached hydrogens (tertiary/aromatic N) is 3. The molecule has 2 atom stereocenters. The molecule has 1 saturated carbocycles. The van der Waals surface area contributed by atoms with Gasteiger partial charge >= 0.3 is 0 Å². The van der Waals surface area contributed by atoms with Crippen molar-refractivity contribution < 1.29 is 4.79 Å². The molecule has 1 N–H and O–H groups in total. The van der Waals surface area contributed by atoms with E-state index >= 15 is 0 Å². The van der Waals surface area contributed by atoms with Gasteiger partial charge in [-0.25, -0.2) is 9.97 Å². The van der Waals surface area contributed by atoms with Crippen LogP contribution in [0.3, 0.4) is 0 Å². The number of pyridine rings is 1. The van der Waals surface area contributed by atoms with Gasteiger partial charge in [-0.2, -0.15) is 0 Å². The number of carbonyl (C=O) groups excluding carboxylic acids is 1. The van der Waals surface area contributed by atoms with Crippen LogP contribution < -0.4 is 5.32 Å². The number of benzene rings is 1. The molecule has 2 aliphatic rings. The van der Waals surface area contributed by atoms with Crippen molar-refractivity contribution in [3.05, 3.63) is 78.0 Å². The Balaban J connectivity index is 1.23. The van der Waals surface area contributed by atoms with Crippen LogP contribution in [-0.4, -0.2) is 27.0 Å². The monoisotopic (exact) mass is 344 g/mol. The number of nitrogens with one attached hydrogen (secondary N) is 1. The number of hydrogen-bond donors (Lipinski definition) is 1. The zero-order valence-electron chi connectivity index (χ0n) is 14.4. The highest BCUT2D eigenvalue weighted by molar-refractivity contribution is 5.94. The number of aryl methyl sites for hydroxylation is 1. The first-order valence-electron chi connectivity index (χ1n) is 9.07. The molecule has 0 unspecified atom stereocenters. The number of carbonyl (C=O) groups is 1. The van der Waals surface area contributed by atoms with Crippen LogP contribution >= 0.6 is 0 Å². The molecular weight excluding hydrogens is 324 g/mol. The summed E-state index contributed by atoms with van der Waals surface area (Å²) in [4.78, 5) is 20.8. The second-order valence-electron chi connectivity index (χ2n) is 7.30. The maximum atomic E-state index is 12.5. The van der Waals surface area contributed by atoms with Crippen LogP contribution in [0, 0.1) is 5.92 Å². The lowest BCUT2D eigenvalue weighted by molar-refractivity contribution is 0.0950. The van der Waals surface area contributed by atoms with E-state index in [9.17, 15) is 4.79 Å². The SMILES string of the molecule is O=C(NC[C@@H]1C[C@@]12CCc1ccccc12)c1ccc(-n2ccnc2)nc1. The van der Waals surface area contributed by atoms with Crippen LogP contribution in [0.25, 0.3) is 5.82 Å². The summed E-state index contributed by atoms with van der Waals surface area (Å²) < 4.78 is 1.81. The van der Waals surface area contributed by atoms with Gasteiger partial charge in [-0.3, -0.25) is 9.36 Å². The Morgan fingerprint density at radius 2 is 2.19 bits per heavy atom. The minimum Gasteiger partial charge on any atom is -0.352 e. The number of imidazole rings is 1. The summed E-state index contributed by atoms with van der Waals surface area (Å²) in [7, 11) is 0. The third kappa shape index (κ3) is 2.43. The van der Waals surface area contributed by atoms with E-state index in [2.05, 4.69) is 39.6 Å². The fourth-order valence-electron chi connectivity index (χ4n) is 4.39. The molecule has 0 bridgehead atoms. The zero-order valence-corrected chi connectivity index (χ0v) is 14.4. The molecule has 5 nitrogen and oxygen atoms in total. The van der Waals surface area contributed by atoms with Crippen molar-refractivity contribution >= 4 is 5.91 Å². The van der Waals surface area contributed by atoms with Gasteiger partial charge in [0.15, 0.2) is 0 Å². The van der Waals surface area contributed by atoms with Gasteiger partial charge in [-0.1, -0.05) is 24.3 Å². The number of rotatable bonds is 4. The highest BCUT2D eigenvalue weighted by Crippen LogP contribution is 2.61. The normalized spacial score (nSPS) is 23.0. The molecule has 2 heterocycles. The summed E-state index contributed by atoms with van der Waals surface area (Å²) in [6.07, 6.45) is 10.4. The number of amides is 1. The first-order valence-corrected chi connectivity index (χ1v) is 9.07. The van der Waals surface area contributed by atoms with Crippen LogP contribution in [0.5, 0.6) is 0 Å². The van der Waals surface area contributed by atoms with Crippen molar-refractivity contribution in [2.75, 3.05) is 6.54 Å². The van der Waals surface area contributed by atoms with Crippen molar-refractivity contribution in [3.63, 3.8) is 0 Å². The third-order valence-electron chi connectivity index (χ3n) is 5.91. The second kappa shape index (κ2) is 5.80. The van der Waals surface area contributed by atoms with Gasteiger partial charge in [-0.05, 0) is 48.4 Å². The Hall–Kier alpha value is -2.95. The smallest absolute Gasteiger partial charge is 0.252 e. The lowest BCUT2D eigenvalue weighted by atomic mass is 9.95. The molecule has 2 aliphatic carbocycles. The second-order valence-corrected chi connectivity index (χ2v) is 7.30. The van der Waals surface area contributed by atoms with Crippen LogP contribution in [0.4, 0.5) is 0 Å². The van der Waals surface area contributed by atoms with Crippen molar-refractivity contribution in [1.29, 1.82) is 0 Å². The average Bonchev–Trinajstić information content (AvgIpc) is 3.01. The fourth-order valence-corrected chi connectivity index (χ4v) is 4.39. The van der Waals surface area contributed by atoms with Crippen LogP contribution in [0.1, 0.15) is 34.3 Å². The van der Waals surface area contributed by atoms with Crippen LogP contribution in [-0.2, 0) is 11.8 Å². The maximum absolute atomic E-state index is 12.5. The molecule has 0 radical (unpaired) electrons. The van der Waals surface area contributed by atoms with Crippen LogP contribution in [0.15, 0.2) is 61.3 Å². The molecule has 5 rings (SSSR count). The minimum absolute atomic E-state index is 0.0528. The van der Waals surface area contributed by atoms with Crippen LogP contribution in [0.2, 0.25) is 0 Å². The van der Waals surface area contributed by atoms with Gasteiger partial charge in [0.05, 0.1) is 5.56 Å².